The first kappa shape index (κ1) is 29.3. The highest BCUT2D eigenvalue weighted by Gasteiger charge is 2.21. The van der Waals surface area contributed by atoms with Gasteiger partial charge in [-0.25, -0.2) is 10.2 Å². The summed E-state index contributed by atoms with van der Waals surface area (Å²) in [6.45, 7) is 0. The van der Waals surface area contributed by atoms with Crippen LogP contribution in [0.25, 0.3) is 0 Å². The van der Waals surface area contributed by atoms with Crippen LogP contribution in [0, 0.1) is 0 Å². The molecule has 11 heteroatoms. The highest BCUT2D eigenvalue weighted by atomic mass is 35.5. The number of rotatable bonds is 8. The number of hydrogen-bond acceptors (Lipinski definition) is 7. The number of hydrogen-bond donors (Lipinski definition) is 3. The number of para-hydroxylation sites is 1. The number of nitrogens with zero attached hydrogens (tertiary/aromatic N) is 1. The van der Waals surface area contributed by atoms with Crippen molar-refractivity contribution in [3.8, 4) is 11.5 Å². The van der Waals surface area contributed by atoms with Gasteiger partial charge in [0.05, 0.1) is 30.1 Å². The van der Waals surface area contributed by atoms with Crippen LogP contribution < -0.4 is 25.5 Å². The molecule has 0 spiro atoms. The van der Waals surface area contributed by atoms with Crippen LogP contribution in [0.4, 0.5) is 5.69 Å². The van der Waals surface area contributed by atoms with Gasteiger partial charge in [0.1, 0.15) is 0 Å². The van der Waals surface area contributed by atoms with Gasteiger partial charge in [-0.15, -0.1) is 0 Å². The molecule has 10 nitrogen and oxygen atoms in total. The molecule has 1 aliphatic carbocycles. The molecule has 4 rings (SSSR count). The van der Waals surface area contributed by atoms with Gasteiger partial charge in [0.25, 0.3) is 5.91 Å². The van der Waals surface area contributed by atoms with Gasteiger partial charge in [-0.3, -0.25) is 14.4 Å². The van der Waals surface area contributed by atoms with Crippen molar-refractivity contribution in [2.75, 3.05) is 12.4 Å². The van der Waals surface area contributed by atoms with Gasteiger partial charge in [-0.2, -0.15) is 5.10 Å². The van der Waals surface area contributed by atoms with E-state index in [2.05, 4.69) is 21.2 Å². The van der Waals surface area contributed by atoms with Crippen LogP contribution in [-0.2, 0) is 9.59 Å². The zero-order valence-electron chi connectivity index (χ0n) is 22.3. The van der Waals surface area contributed by atoms with Gasteiger partial charge in [-0.1, -0.05) is 43.0 Å². The van der Waals surface area contributed by atoms with Crippen LogP contribution in [0.1, 0.15) is 58.4 Å². The Morgan fingerprint density at radius 2 is 1.63 bits per heavy atom. The summed E-state index contributed by atoms with van der Waals surface area (Å²) in [5.74, 6) is -2.47. The zero-order valence-corrected chi connectivity index (χ0v) is 23.1. The van der Waals surface area contributed by atoms with E-state index in [-0.39, 0.29) is 34.7 Å². The van der Waals surface area contributed by atoms with Crippen molar-refractivity contribution in [2.24, 2.45) is 5.10 Å². The molecule has 3 N–H and O–H groups in total. The summed E-state index contributed by atoms with van der Waals surface area (Å²) in [5, 5.41) is 9.80. The Morgan fingerprint density at radius 1 is 0.902 bits per heavy atom. The molecule has 1 aliphatic rings. The second-order valence-electron chi connectivity index (χ2n) is 9.31. The lowest BCUT2D eigenvalue weighted by atomic mass is 9.95. The molecule has 0 aromatic heterocycles. The molecule has 0 unspecified atom stereocenters. The maximum Gasteiger partial charge on any atom is 0.343 e. The minimum absolute atomic E-state index is 0.0980. The largest absolute Gasteiger partial charge is 0.493 e. The molecule has 0 aliphatic heterocycles. The van der Waals surface area contributed by atoms with Crippen molar-refractivity contribution in [3.63, 3.8) is 0 Å². The first-order valence-corrected chi connectivity index (χ1v) is 13.4. The first-order valence-electron chi connectivity index (χ1n) is 13.0. The predicted molar refractivity (Wildman–Crippen MR) is 155 cm³/mol. The van der Waals surface area contributed by atoms with E-state index in [9.17, 15) is 19.2 Å². The summed E-state index contributed by atoms with van der Waals surface area (Å²) in [6.07, 6.45) is 6.44. The molecule has 3 aromatic rings. The fourth-order valence-electron chi connectivity index (χ4n) is 4.29. The molecular weight excluding hydrogens is 548 g/mol. The zero-order chi connectivity index (χ0) is 29.2. The van der Waals surface area contributed by atoms with E-state index in [1.54, 1.807) is 60.7 Å². The molecule has 0 saturated heterocycles. The minimum atomic E-state index is -1.02. The SMILES string of the molecule is COc1cc(/C=N/NC(=O)C(=O)Nc2ccccc2C(=O)NC2CCCCC2)ccc1OC(=O)c1ccc(Cl)cc1. The number of carbonyl (C=O) groups is 4. The molecule has 1 fully saturated rings. The van der Waals surface area contributed by atoms with Crippen molar-refractivity contribution in [3.05, 3.63) is 88.4 Å². The molecule has 0 atom stereocenters. The standard InChI is InChI=1S/C30H29ClN4O6/c1-40-26-17-19(11-16-25(26)41-30(39)20-12-14-21(31)15-13-20)18-32-35-29(38)28(37)34-24-10-6-5-9-23(24)27(36)33-22-7-3-2-4-8-22/h5-6,9-18,22H,2-4,7-8H2,1H3,(H,33,36)(H,34,37)(H,35,38)/b32-18+. The Balaban J connectivity index is 1.33. The smallest absolute Gasteiger partial charge is 0.343 e. The summed E-state index contributed by atoms with van der Waals surface area (Å²) < 4.78 is 10.7. The fourth-order valence-corrected chi connectivity index (χ4v) is 4.42. The number of carbonyl (C=O) groups excluding carboxylic acids is 4. The van der Waals surface area contributed by atoms with Crippen LogP contribution in [0.3, 0.4) is 0 Å². The quantitative estimate of drug-likeness (QED) is 0.117. The molecule has 0 bridgehead atoms. The van der Waals surface area contributed by atoms with Crippen LogP contribution in [0.15, 0.2) is 71.8 Å². The van der Waals surface area contributed by atoms with E-state index < -0.39 is 17.8 Å². The lowest BCUT2D eigenvalue weighted by Gasteiger charge is -2.23. The molecule has 41 heavy (non-hydrogen) atoms. The average Bonchev–Trinajstić information content (AvgIpc) is 2.98. The van der Waals surface area contributed by atoms with Gasteiger partial charge in [0.2, 0.25) is 0 Å². The van der Waals surface area contributed by atoms with Crippen LogP contribution in [0.5, 0.6) is 11.5 Å². The molecule has 1 saturated carbocycles. The van der Waals surface area contributed by atoms with Gasteiger partial charge in [0.15, 0.2) is 11.5 Å². The van der Waals surface area contributed by atoms with Crippen LogP contribution >= 0.6 is 11.6 Å². The van der Waals surface area contributed by atoms with E-state index in [0.717, 1.165) is 32.1 Å². The summed E-state index contributed by atoms with van der Waals surface area (Å²) in [6, 6.07) is 17.5. The third-order valence-electron chi connectivity index (χ3n) is 6.42. The summed E-state index contributed by atoms with van der Waals surface area (Å²) in [5.41, 5.74) is 3.46. The Kier molecular flexibility index (Phi) is 10.1. The number of amides is 3. The second kappa shape index (κ2) is 14.1. The van der Waals surface area contributed by atoms with E-state index in [1.165, 1.54) is 19.4 Å². The number of halogens is 1. The van der Waals surface area contributed by atoms with E-state index >= 15 is 0 Å². The molecular formula is C30H29ClN4O6. The highest BCUT2D eigenvalue weighted by molar-refractivity contribution is 6.40. The Morgan fingerprint density at radius 3 is 2.37 bits per heavy atom. The topological polar surface area (TPSA) is 135 Å². The Labute approximate surface area is 242 Å². The second-order valence-corrected chi connectivity index (χ2v) is 9.75. The van der Waals surface area contributed by atoms with Crippen molar-refractivity contribution in [1.29, 1.82) is 0 Å². The van der Waals surface area contributed by atoms with Gasteiger partial charge >= 0.3 is 17.8 Å². The molecule has 0 heterocycles. The molecule has 3 aromatic carbocycles. The fraction of sp³-hybridized carbons (Fsp3) is 0.233. The van der Waals surface area contributed by atoms with Gasteiger partial charge in [0, 0.05) is 11.1 Å². The monoisotopic (exact) mass is 576 g/mol. The molecule has 212 valence electrons. The van der Waals surface area contributed by atoms with Gasteiger partial charge in [-0.05, 0) is 73.0 Å². The number of methoxy groups -OCH3 is 1. The summed E-state index contributed by atoms with van der Waals surface area (Å²) >= 11 is 5.86. The summed E-state index contributed by atoms with van der Waals surface area (Å²) in [7, 11) is 1.41. The third kappa shape index (κ3) is 8.15. The maximum atomic E-state index is 12.8. The minimum Gasteiger partial charge on any atom is -0.493 e. The lowest BCUT2D eigenvalue weighted by Crippen LogP contribution is -2.37. The van der Waals surface area contributed by atoms with E-state index in [4.69, 9.17) is 21.1 Å². The predicted octanol–water partition coefficient (Wildman–Crippen LogP) is 4.72. The van der Waals surface area contributed by atoms with Crippen molar-refractivity contribution in [2.45, 2.75) is 38.1 Å². The van der Waals surface area contributed by atoms with Gasteiger partial charge < -0.3 is 20.1 Å². The Bertz CT molecular complexity index is 1450. The van der Waals surface area contributed by atoms with E-state index in [0.29, 0.717) is 16.1 Å². The normalized spacial score (nSPS) is 13.3. The Hall–Kier alpha value is -4.70. The first-order chi connectivity index (χ1) is 19.8. The number of ether oxygens (including phenoxy) is 2. The summed E-state index contributed by atoms with van der Waals surface area (Å²) in [4.78, 5) is 50.1. The number of anilines is 1. The molecule has 0 radical (unpaired) electrons. The van der Waals surface area contributed by atoms with E-state index in [1.807, 2.05) is 0 Å². The third-order valence-corrected chi connectivity index (χ3v) is 6.67. The average molecular weight is 577 g/mol. The van der Waals surface area contributed by atoms with Crippen LogP contribution in [-0.4, -0.2) is 43.1 Å². The van der Waals surface area contributed by atoms with Crippen molar-refractivity contribution < 1.29 is 28.7 Å². The van der Waals surface area contributed by atoms with Crippen molar-refractivity contribution >= 4 is 47.2 Å². The number of benzene rings is 3. The maximum absolute atomic E-state index is 12.8. The van der Waals surface area contributed by atoms with Crippen molar-refractivity contribution in [1.82, 2.24) is 10.7 Å². The van der Waals surface area contributed by atoms with Crippen LogP contribution in [0.2, 0.25) is 5.02 Å². The number of hydrazone groups is 1. The number of esters is 1. The lowest BCUT2D eigenvalue weighted by molar-refractivity contribution is -0.136. The molecule has 3 amide bonds. The number of nitrogens with one attached hydrogen (secondary N) is 3. The highest BCUT2D eigenvalue weighted by Crippen LogP contribution is 2.28.